The molecule has 0 spiro atoms. The van der Waals surface area contributed by atoms with Gasteiger partial charge in [0.05, 0.1) is 6.04 Å². The zero-order valence-electron chi connectivity index (χ0n) is 7.83. The third-order valence-electron chi connectivity index (χ3n) is 1.89. The second-order valence-corrected chi connectivity index (χ2v) is 3.28. The number of hydrogen-bond donors (Lipinski definition) is 2. The maximum Gasteiger partial charge on any atom is 0.235 e. The van der Waals surface area contributed by atoms with Crippen molar-refractivity contribution in [1.29, 1.82) is 0 Å². The van der Waals surface area contributed by atoms with Crippen molar-refractivity contribution in [3.05, 3.63) is 29.8 Å². The van der Waals surface area contributed by atoms with Crippen LogP contribution in [0.3, 0.4) is 0 Å². The molecule has 1 aromatic rings. The maximum atomic E-state index is 11.0. The molecule has 76 valence electrons. The van der Waals surface area contributed by atoms with E-state index in [1.54, 1.807) is 24.3 Å². The molecule has 0 aliphatic heterocycles. The molecule has 4 heteroatoms. The van der Waals surface area contributed by atoms with Crippen LogP contribution in [-0.4, -0.2) is 16.9 Å². The monoisotopic (exact) mass is 213 g/mol. The molecule has 0 aliphatic carbocycles. The number of benzene rings is 1. The fraction of sp³-hybridized carbons (Fsp3) is 0.300. The molecule has 1 rings (SSSR count). The number of rotatable bonds is 3. The van der Waals surface area contributed by atoms with Crippen LogP contribution in [0.25, 0.3) is 0 Å². The fourth-order valence-electron chi connectivity index (χ4n) is 1.13. The van der Waals surface area contributed by atoms with Crippen molar-refractivity contribution in [3.8, 4) is 5.75 Å². The molecule has 14 heavy (non-hydrogen) atoms. The van der Waals surface area contributed by atoms with Gasteiger partial charge in [0, 0.05) is 0 Å². The van der Waals surface area contributed by atoms with Gasteiger partial charge >= 0.3 is 0 Å². The zero-order valence-corrected chi connectivity index (χ0v) is 8.58. The van der Waals surface area contributed by atoms with Gasteiger partial charge in [0.15, 0.2) is 0 Å². The van der Waals surface area contributed by atoms with Crippen LogP contribution in [0.15, 0.2) is 24.3 Å². The summed E-state index contributed by atoms with van der Waals surface area (Å²) >= 11 is 5.36. The van der Waals surface area contributed by atoms with E-state index in [0.717, 1.165) is 5.56 Å². The highest BCUT2D eigenvalue weighted by atomic mass is 35.5. The third-order valence-corrected chi connectivity index (χ3v) is 2.13. The smallest absolute Gasteiger partial charge is 0.235 e. The lowest BCUT2D eigenvalue weighted by Crippen LogP contribution is -2.27. The normalized spacial score (nSPS) is 12.1. The molecule has 0 saturated heterocycles. The van der Waals surface area contributed by atoms with Crippen molar-refractivity contribution >= 4 is 17.5 Å². The molecule has 0 fully saturated rings. The predicted molar refractivity (Wildman–Crippen MR) is 55.4 cm³/mol. The summed E-state index contributed by atoms with van der Waals surface area (Å²) < 4.78 is 0. The molecule has 1 amide bonds. The predicted octanol–water partition coefficient (Wildman–Crippen LogP) is 1.81. The van der Waals surface area contributed by atoms with Gasteiger partial charge in [-0.2, -0.15) is 0 Å². The van der Waals surface area contributed by atoms with Crippen molar-refractivity contribution in [2.24, 2.45) is 0 Å². The number of phenolic OH excluding ortho intramolecular Hbond substituents is 1. The van der Waals surface area contributed by atoms with Gasteiger partial charge in [0.25, 0.3) is 0 Å². The standard InChI is InChI=1S/C10H12ClNO2/c1-7(12-10(14)6-11)8-2-4-9(13)5-3-8/h2-5,7,13H,6H2,1H3,(H,12,14)/t7-/m0/s1. The number of carbonyl (C=O) groups is 1. The summed E-state index contributed by atoms with van der Waals surface area (Å²) in [5, 5.41) is 11.8. The van der Waals surface area contributed by atoms with Crippen LogP contribution in [0.4, 0.5) is 0 Å². The quantitative estimate of drug-likeness (QED) is 0.753. The van der Waals surface area contributed by atoms with E-state index in [1.807, 2.05) is 6.92 Å². The summed E-state index contributed by atoms with van der Waals surface area (Å²) in [7, 11) is 0. The second-order valence-electron chi connectivity index (χ2n) is 3.01. The zero-order chi connectivity index (χ0) is 10.6. The minimum atomic E-state index is -0.202. The molecule has 1 aromatic carbocycles. The van der Waals surface area contributed by atoms with Crippen molar-refractivity contribution in [2.75, 3.05) is 5.88 Å². The van der Waals surface area contributed by atoms with Crippen LogP contribution in [0, 0.1) is 0 Å². The lowest BCUT2D eigenvalue weighted by atomic mass is 10.1. The number of halogens is 1. The Balaban J connectivity index is 2.65. The highest BCUT2D eigenvalue weighted by molar-refractivity contribution is 6.27. The summed E-state index contributed by atoms with van der Waals surface area (Å²) in [6.07, 6.45) is 0. The van der Waals surface area contributed by atoms with E-state index in [-0.39, 0.29) is 23.6 Å². The first kappa shape index (κ1) is 10.9. The highest BCUT2D eigenvalue weighted by Gasteiger charge is 2.07. The SMILES string of the molecule is C[C@H](NC(=O)CCl)c1ccc(O)cc1. The van der Waals surface area contributed by atoms with Crippen molar-refractivity contribution in [3.63, 3.8) is 0 Å². The van der Waals surface area contributed by atoms with Gasteiger partial charge in [-0.3, -0.25) is 4.79 Å². The van der Waals surface area contributed by atoms with Crippen LogP contribution < -0.4 is 5.32 Å². The number of amides is 1. The summed E-state index contributed by atoms with van der Waals surface area (Å²) in [5.74, 6) is -0.0283. The molecule has 2 N–H and O–H groups in total. The molecule has 0 saturated carbocycles. The minimum absolute atomic E-state index is 0.0393. The average Bonchev–Trinajstić information content (AvgIpc) is 2.18. The van der Waals surface area contributed by atoms with Gasteiger partial charge in [-0.05, 0) is 24.6 Å². The van der Waals surface area contributed by atoms with E-state index >= 15 is 0 Å². The van der Waals surface area contributed by atoms with Gasteiger partial charge in [0.2, 0.25) is 5.91 Å². The summed E-state index contributed by atoms with van der Waals surface area (Å²) in [6, 6.07) is 6.59. The maximum absolute atomic E-state index is 11.0. The first-order chi connectivity index (χ1) is 6.63. The van der Waals surface area contributed by atoms with Crippen LogP contribution in [-0.2, 0) is 4.79 Å². The Morgan fingerprint density at radius 1 is 1.50 bits per heavy atom. The molecule has 0 aromatic heterocycles. The van der Waals surface area contributed by atoms with Crippen LogP contribution in [0.1, 0.15) is 18.5 Å². The Morgan fingerprint density at radius 3 is 2.57 bits per heavy atom. The number of phenols is 1. The van der Waals surface area contributed by atoms with Gasteiger partial charge < -0.3 is 10.4 Å². The Bertz CT molecular complexity index is 310. The summed E-state index contributed by atoms with van der Waals surface area (Å²) in [4.78, 5) is 11.0. The molecule has 1 atom stereocenters. The molecular formula is C10H12ClNO2. The minimum Gasteiger partial charge on any atom is -0.508 e. The van der Waals surface area contributed by atoms with Gasteiger partial charge in [-0.15, -0.1) is 11.6 Å². The fourth-order valence-corrected chi connectivity index (χ4v) is 1.20. The van der Waals surface area contributed by atoms with Gasteiger partial charge in [0.1, 0.15) is 11.6 Å². The van der Waals surface area contributed by atoms with E-state index in [0.29, 0.717) is 0 Å². The lowest BCUT2D eigenvalue weighted by Gasteiger charge is -2.13. The van der Waals surface area contributed by atoms with Gasteiger partial charge in [-0.1, -0.05) is 12.1 Å². The van der Waals surface area contributed by atoms with Crippen LogP contribution in [0.2, 0.25) is 0 Å². The molecule has 3 nitrogen and oxygen atoms in total. The Hall–Kier alpha value is -1.22. The van der Waals surface area contributed by atoms with Crippen molar-refractivity contribution in [2.45, 2.75) is 13.0 Å². The first-order valence-corrected chi connectivity index (χ1v) is 4.81. The largest absolute Gasteiger partial charge is 0.508 e. The third kappa shape index (κ3) is 2.92. The van der Waals surface area contributed by atoms with Crippen LogP contribution in [0.5, 0.6) is 5.75 Å². The number of carbonyl (C=O) groups excluding carboxylic acids is 1. The number of hydrogen-bond acceptors (Lipinski definition) is 2. The molecule has 0 aliphatic rings. The number of aromatic hydroxyl groups is 1. The molecular weight excluding hydrogens is 202 g/mol. The van der Waals surface area contributed by atoms with Crippen LogP contribution >= 0.6 is 11.6 Å². The first-order valence-electron chi connectivity index (χ1n) is 4.27. The van der Waals surface area contributed by atoms with E-state index in [4.69, 9.17) is 16.7 Å². The van der Waals surface area contributed by atoms with E-state index in [2.05, 4.69) is 5.32 Å². The second kappa shape index (κ2) is 4.86. The molecule has 0 heterocycles. The number of nitrogens with one attached hydrogen (secondary N) is 1. The molecule has 0 bridgehead atoms. The molecule has 0 radical (unpaired) electrons. The Kier molecular flexibility index (Phi) is 3.77. The molecule has 0 unspecified atom stereocenters. The summed E-state index contributed by atoms with van der Waals surface area (Å²) in [6.45, 7) is 1.86. The Labute approximate surface area is 87.7 Å². The van der Waals surface area contributed by atoms with Crippen molar-refractivity contribution in [1.82, 2.24) is 5.32 Å². The average molecular weight is 214 g/mol. The summed E-state index contributed by atoms with van der Waals surface area (Å²) in [5.41, 5.74) is 0.932. The van der Waals surface area contributed by atoms with E-state index < -0.39 is 0 Å². The number of alkyl halides is 1. The highest BCUT2D eigenvalue weighted by Crippen LogP contribution is 2.16. The van der Waals surface area contributed by atoms with E-state index in [9.17, 15) is 4.79 Å². The van der Waals surface area contributed by atoms with Gasteiger partial charge in [-0.25, -0.2) is 0 Å². The Morgan fingerprint density at radius 2 is 2.07 bits per heavy atom. The van der Waals surface area contributed by atoms with Crippen molar-refractivity contribution < 1.29 is 9.90 Å². The lowest BCUT2D eigenvalue weighted by molar-refractivity contribution is -0.119. The van der Waals surface area contributed by atoms with E-state index in [1.165, 1.54) is 0 Å². The topological polar surface area (TPSA) is 49.3 Å².